The van der Waals surface area contributed by atoms with E-state index in [2.05, 4.69) is 13.8 Å². The average molecular weight is 357 g/mol. The molecule has 0 aliphatic heterocycles. The van der Waals surface area contributed by atoms with Crippen LogP contribution in [-0.4, -0.2) is 31.3 Å². The van der Waals surface area contributed by atoms with Gasteiger partial charge in [0.15, 0.2) is 0 Å². The summed E-state index contributed by atoms with van der Waals surface area (Å²) < 4.78 is 37.6. The molecule has 0 aromatic heterocycles. The van der Waals surface area contributed by atoms with Gasteiger partial charge >= 0.3 is 5.38 Å². The van der Waals surface area contributed by atoms with E-state index in [1.54, 1.807) is 0 Å². The summed E-state index contributed by atoms with van der Waals surface area (Å²) in [4.78, 5) is 0. The Morgan fingerprint density at radius 1 is 0.913 bits per heavy atom. The van der Waals surface area contributed by atoms with Crippen molar-refractivity contribution < 1.29 is 18.3 Å². The molecule has 0 aromatic carbocycles. The topological polar surface area (TPSA) is 18.5 Å². The standard InChI is InChI=1S/C18H35ClF2O2/c1-4-7-8-9-10-17(23-14-6-3)16(15-22-13-5-2)11-12-18(19,20)21/h16-17H,4-15H2,1-3H3. The maximum absolute atomic E-state index is 13.0. The van der Waals surface area contributed by atoms with Crippen LogP contribution in [0.15, 0.2) is 0 Å². The van der Waals surface area contributed by atoms with E-state index in [1.807, 2.05) is 6.92 Å². The fourth-order valence-electron chi connectivity index (χ4n) is 2.60. The number of ether oxygens (including phenoxy) is 2. The third kappa shape index (κ3) is 14.1. The van der Waals surface area contributed by atoms with Crippen LogP contribution in [0.4, 0.5) is 8.78 Å². The van der Waals surface area contributed by atoms with Gasteiger partial charge in [0.05, 0.1) is 12.7 Å². The SMILES string of the molecule is CCCCCCC(OCCC)C(CCC(F)(F)Cl)COCCC. The van der Waals surface area contributed by atoms with Crippen LogP contribution < -0.4 is 0 Å². The number of hydrogen-bond acceptors (Lipinski definition) is 2. The first-order valence-electron chi connectivity index (χ1n) is 9.20. The highest BCUT2D eigenvalue weighted by molar-refractivity contribution is 6.21. The van der Waals surface area contributed by atoms with Crippen LogP contribution in [-0.2, 0) is 9.47 Å². The van der Waals surface area contributed by atoms with Gasteiger partial charge in [0.2, 0.25) is 0 Å². The van der Waals surface area contributed by atoms with Crippen molar-refractivity contribution in [1.82, 2.24) is 0 Å². The molecule has 0 aliphatic carbocycles. The van der Waals surface area contributed by atoms with Crippen LogP contribution in [0.25, 0.3) is 0 Å². The molecule has 0 heterocycles. The van der Waals surface area contributed by atoms with E-state index in [-0.39, 0.29) is 18.4 Å². The van der Waals surface area contributed by atoms with Gasteiger partial charge in [-0.1, -0.05) is 46.5 Å². The van der Waals surface area contributed by atoms with E-state index >= 15 is 0 Å². The Morgan fingerprint density at radius 3 is 2.17 bits per heavy atom. The van der Waals surface area contributed by atoms with E-state index in [0.29, 0.717) is 26.2 Å². The Morgan fingerprint density at radius 2 is 1.61 bits per heavy atom. The number of halogens is 3. The Balaban J connectivity index is 4.58. The van der Waals surface area contributed by atoms with E-state index in [9.17, 15) is 8.78 Å². The highest BCUT2D eigenvalue weighted by Crippen LogP contribution is 2.30. The normalized spacial score (nSPS) is 14.9. The largest absolute Gasteiger partial charge is 0.381 e. The molecule has 0 saturated heterocycles. The summed E-state index contributed by atoms with van der Waals surface area (Å²) in [7, 11) is 0. The van der Waals surface area contributed by atoms with E-state index in [0.717, 1.165) is 32.1 Å². The molecule has 23 heavy (non-hydrogen) atoms. The first kappa shape index (κ1) is 23.1. The van der Waals surface area contributed by atoms with Crippen LogP contribution in [0.3, 0.4) is 0 Å². The number of alkyl halides is 3. The Bertz CT molecular complexity index is 260. The Hall–Kier alpha value is 0.0700. The van der Waals surface area contributed by atoms with Crippen molar-refractivity contribution in [2.75, 3.05) is 19.8 Å². The lowest BCUT2D eigenvalue weighted by molar-refractivity contribution is -0.0383. The summed E-state index contributed by atoms with van der Waals surface area (Å²) >= 11 is 5.08. The smallest absolute Gasteiger partial charge is 0.321 e. The van der Waals surface area contributed by atoms with Crippen molar-refractivity contribution >= 4 is 11.6 Å². The molecule has 140 valence electrons. The Kier molecular flexibility index (Phi) is 14.5. The molecule has 0 aliphatic rings. The summed E-state index contributed by atoms with van der Waals surface area (Å²) in [5.74, 6) is -0.0145. The second kappa shape index (κ2) is 14.4. The van der Waals surface area contributed by atoms with Gasteiger partial charge in [0.1, 0.15) is 0 Å². The maximum atomic E-state index is 13.0. The first-order chi connectivity index (χ1) is 10.9. The lowest BCUT2D eigenvalue weighted by Gasteiger charge is -2.28. The van der Waals surface area contributed by atoms with Gasteiger partial charge in [0.25, 0.3) is 0 Å². The third-order valence-corrected chi connectivity index (χ3v) is 4.07. The fourth-order valence-corrected chi connectivity index (χ4v) is 2.71. The minimum atomic E-state index is -3.14. The fraction of sp³-hybridized carbons (Fsp3) is 1.00. The molecule has 0 N–H and O–H groups in total. The monoisotopic (exact) mass is 356 g/mol. The molecule has 2 unspecified atom stereocenters. The van der Waals surface area contributed by atoms with Gasteiger partial charge < -0.3 is 9.47 Å². The molecule has 0 fully saturated rings. The van der Waals surface area contributed by atoms with Gasteiger partial charge in [0, 0.05) is 25.6 Å². The van der Waals surface area contributed by atoms with Gasteiger partial charge in [-0.05, 0) is 37.3 Å². The van der Waals surface area contributed by atoms with Crippen LogP contribution >= 0.6 is 11.6 Å². The quantitative estimate of drug-likeness (QED) is 0.235. The zero-order valence-electron chi connectivity index (χ0n) is 15.1. The van der Waals surface area contributed by atoms with Crippen molar-refractivity contribution in [3.63, 3.8) is 0 Å². The molecule has 0 bridgehead atoms. The summed E-state index contributed by atoms with van der Waals surface area (Å²) in [5.41, 5.74) is 0. The second-order valence-corrected chi connectivity index (χ2v) is 6.80. The van der Waals surface area contributed by atoms with E-state index in [1.165, 1.54) is 12.8 Å². The molecule has 2 atom stereocenters. The molecular formula is C18H35ClF2O2. The Labute approximate surface area is 146 Å². The van der Waals surface area contributed by atoms with E-state index < -0.39 is 5.38 Å². The maximum Gasteiger partial charge on any atom is 0.321 e. The lowest BCUT2D eigenvalue weighted by Crippen LogP contribution is -2.30. The van der Waals surface area contributed by atoms with Crippen molar-refractivity contribution in [3.8, 4) is 0 Å². The minimum Gasteiger partial charge on any atom is -0.381 e. The molecular weight excluding hydrogens is 322 g/mol. The molecule has 0 saturated carbocycles. The first-order valence-corrected chi connectivity index (χ1v) is 9.58. The number of rotatable bonds is 16. The lowest BCUT2D eigenvalue weighted by atomic mass is 9.93. The highest BCUT2D eigenvalue weighted by Gasteiger charge is 2.29. The molecule has 0 amide bonds. The van der Waals surface area contributed by atoms with Crippen molar-refractivity contribution in [2.24, 2.45) is 5.92 Å². The third-order valence-electron chi connectivity index (χ3n) is 3.88. The minimum absolute atomic E-state index is 0.0114. The van der Waals surface area contributed by atoms with Crippen LogP contribution in [0.5, 0.6) is 0 Å². The highest BCUT2D eigenvalue weighted by atomic mass is 35.5. The predicted octanol–water partition coefficient (Wildman–Crippen LogP) is 6.41. The van der Waals surface area contributed by atoms with Crippen LogP contribution in [0, 0.1) is 5.92 Å². The second-order valence-electron chi connectivity index (χ2n) is 6.25. The molecule has 2 nitrogen and oxygen atoms in total. The summed E-state index contributed by atoms with van der Waals surface area (Å²) in [6.45, 7) is 8.07. The molecule has 0 rings (SSSR count). The van der Waals surface area contributed by atoms with Crippen LogP contribution in [0.2, 0.25) is 0 Å². The van der Waals surface area contributed by atoms with E-state index in [4.69, 9.17) is 21.1 Å². The zero-order valence-corrected chi connectivity index (χ0v) is 15.8. The van der Waals surface area contributed by atoms with Crippen molar-refractivity contribution in [3.05, 3.63) is 0 Å². The summed E-state index contributed by atoms with van der Waals surface area (Å²) in [6, 6.07) is 0. The van der Waals surface area contributed by atoms with Crippen molar-refractivity contribution in [1.29, 1.82) is 0 Å². The molecule has 0 aromatic rings. The molecule has 0 spiro atoms. The molecule has 5 heteroatoms. The molecule has 0 radical (unpaired) electrons. The van der Waals surface area contributed by atoms with Gasteiger partial charge in [-0.3, -0.25) is 0 Å². The zero-order chi connectivity index (χ0) is 17.6. The van der Waals surface area contributed by atoms with Crippen LogP contribution in [0.1, 0.15) is 78.6 Å². The van der Waals surface area contributed by atoms with Crippen molar-refractivity contribution in [2.45, 2.75) is 90.0 Å². The van der Waals surface area contributed by atoms with Gasteiger partial charge in [-0.15, -0.1) is 0 Å². The summed E-state index contributed by atoms with van der Waals surface area (Å²) in [6.07, 6.45) is 7.39. The predicted molar refractivity (Wildman–Crippen MR) is 93.4 cm³/mol. The van der Waals surface area contributed by atoms with Gasteiger partial charge in [-0.2, -0.15) is 8.78 Å². The number of hydrogen-bond donors (Lipinski definition) is 0. The summed E-state index contributed by atoms with van der Waals surface area (Å²) in [5, 5.41) is -3.14. The van der Waals surface area contributed by atoms with Gasteiger partial charge in [-0.25, -0.2) is 0 Å². The number of unbranched alkanes of at least 4 members (excludes halogenated alkanes) is 3. The average Bonchev–Trinajstić information content (AvgIpc) is 2.49.